The van der Waals surface area contributed by atoms with Gasteiger partial charge in [0.25, 0.3) is 5.56 Å². The predicted octanol–water partition coefficient (Wildman–Crippen LogP) is 3.89. The average Bonchev–Trinajstić information content (AvgIpc) is 2.60. The molecule has 3 rings (SSSR count). The molecule has 1 heterocycles. The normalized spacial score (nSPS) is 11.0. The number of hydrogen-bond donors (Lipinski definition) is 1. The van der Waals surface area contributed by atoms with Gasteiger partial charge in [-0.05, 0) is 67.6 Å². The summed E-state index contributed by atoms with van der Waals surface area (Å²) < 4.78 is 5.21. The van der Waals surface area contributed by atoms with Crippen LogP contribution in [0.15, 0.2) is 29.1 Å². The van der Waals surface area contributed by atoms with Crippen molar-refractivity contribution in [2.24, 2.45) is 0 Å². The van der Waals surface area contributed by atoms with Crippen LogP contribution in [0.5, 0.6) is 0 Å². The molecule has 0 aliphatic heterocycles. The van der Waals surface area contributed by atoms with Crippen LogP contribution in [0.3, 0.4) is 0 Å². The third kappa shape index (κ3) is 3.01. The van der Waals surface area contributed by atoms with Crippen molar-refractivity contribution in [3.8, 4) is 11.4 Å². The maximum atomic E-state index is 12.5. The Hall–Kier alpha value is -2.95. The van der Waals surface area contributed by atoms with E-state index >= 15 is 0 Å². The lowest BCUT2D eigenvalue weighted by atomic mass is 9.88. The number of aromatic amines is 1. The SMILES string of the molecule is CC(=O)OCc1c(C)c(C)c(-c2nc3ccccc3c(=O)[nH]2)c(C)c1C. The monoisotopic (exact) mass is 350 g/mol. The van der Waals surface area contributed by atoms with Crippen LogP contribution in [0, 0.1) is 27.7 Å². The fraction of sp³-hybridized carbons (Fsp3) is 0.286. The van der Waals surface area contributed by atoms with Crippen molar-refractivity contribution in [2.75, 3.05) is 0 Å². The molecule has 26 heavy (non-hydrogen) atoms. The van der Waals surface area contributed by atoms with E-state index in [4.69, 9.17) is 4.74 Å². The Morgan fingerprint density at radius 3 is 2.27 bits per heavy atom. The summed E-state index contributed by atoms with van der Waals surface area (Å²) in [5.41, 5.74) is 6.58. The van der Waals surface area contributed by atoms with E-state index in [0.717, 1.165) is 33.4 Å². The van der Waals surface area contributed by atoms with Crippen LogP contribution in [-0.4, -0.2) is 15.9 Å². The van der Waals surface area contributed by atoms with Crippen molar-refractivity contribution < 1.29 is 9.53 Å². The molecule has 0 unspecified atom stereocenters. The van der Waals surface area contributed by atoms with Crippen LogP contribution in [-0.2, 0) is 16.1 Å². The van der Waals surface area contributed by atoms with Crippen LogP contribution in [0.25, 0.3) is 22.3 Å². The highest BCUT2D eigenvalue weighted by molar-refractivity contribution is 5.80. The zero-order valence-electron chi connectivity index (χ0n) is 15.7. The van der Waals surface area contributed by atoms with Gasteiger partial charge in [-0.1, -0.05) is 12.1 Å². The second-order valence-electron chi connectivity index (χ2n) is 6.57. The van der Waals surface area contributed by atoms with E-state index in [1.165, 1.54) is 6.92 Å². The minimum Gasteiger partial charge on any atom is -0.461 e. The molecule has 0 amide bonds. The third-order valence-electron chi connectivity index (χ3n) is 5.05. The van der Waals surface area contributed by atoms with Crippen LogP contribution in [0.4, 0.5) is 0 Å². The Morgan fingerprint density at radius 2 is 1.65 bits per heavy atom. The van der Waals surface area contributed by atoms with E-state index in [-0.39, 0.29) is 18.1 Å². The number of carbonyl (C=O) groups is 1. The van der Waals surface area contributed by atoms with Crippen LogP contribution < -0.4 is 5.56 Å². The van der Waals surface area contributed by atoms with Crippen molar-refractivity contribution >= 4 is 16.9 Å². The van der Waals surface area contributed by atoms with Crippen molar-refractivity contribution in [1.82, 2.24) is 9.97 Å². The lowest BCUT2D eigenvalue weighted by Gasteiger charge is -2.20. The van der Waals surface area contributed by atoms with Gasteiger partial charge in [-0.3, -0.25) is 9.59 Å². The summed E-state index contributed by atoms with van der Waals surface area (Å²) in [6.07, 6.45) is 0. The van der Waals surface area contributed by atoms with Gasteiger partial charge in [0.2, 0.25) is 0 Å². The van der Waals surface area contributed by atoms with Crippen molar-refractivity contribution in [1.29, 1.82) is 0 Å². The molecule has 0 spiro atoms. The van der Waals surface area contributed by atoms with Gasteiger partial charge < -0.3 is 9.72 Å². The first-order valence-electron chi connectivity index (χ1n) is 8.53. The average molecular weight is 350 g/mol. The quantitative estimate of drug-likeness (QED) is 0.728. The highest BCUT2D eigenvalue weighted by Gasteiger charge is 2.18. The van der Waals surface area contributed by atoms with Gasteiger partial charge in [-0.15, -0.1) is 0 Å². The van der Waals surface area contributed by atoms with Gasteiger partial charge in [-0.25, -0.2) is 4.98 Å². The molecule has 1 aromatic heterocycles. The summed E-state index contributed by atoms with van der Waals surface area (Å²) >= 11 is 0. The third-order valence-corrected chi connectivity index (χ3v) is 5.05. The molecule has 5 nitrogen and oxygen atoms in total. The van der Waals surface area contributed by atoms with E-state index in [0.29, 0.717) is 16.7 Å². The second kappa shape index (κ2) is 6.75. The number of rotatable bonds is 3. The van der Waals surface area contributed by atoms with E-state index in [1.54, 1.807) is 6.07 Å². The van der Waals surface area contributed by atoms with Gasteiger partial charge in [0.05, 0.1) is 10.9 Å². The predicted molar refractivity (Wildman–Crippen MR) is 102 cm³/mol. The Labute approximate surface area is 152 Å². The van der Waals surface area contributed by atoms with Gasteiger partial charge in [0.1, 0.15) is 12.4 Å². The molecule has 0 aliphatic carbocycles. The van der Waals surface area contributed by atoms with Crippen molar-refractivity contribution in [3.05, 3.63) is 62.4 Å². The molecular formula is C21H22N2O3. The summed E-state index contributed by atoms with van der Waals surface area (Å²) in [7, 11) is 0. The summed E-state index contributed by atoms with van der Waals surface area (Å²) in [6.45, 7) is 9.67. The highest BCUT2D eigenvalue weighted by Crippen LogP contribution is 2.33. The molecule has 0 saturated carbocycles. The number of nitrogens with zero attached hydrogens (tertiary/aromatic N) is 1. The maximum Gasteiger partial charge on any atom is 0.302 e. The first kappa shape index (κ1) is 17.9. The zero-order valence-corrected chi connectivity index (χ0v) is 15.7. The first-order valence-corrected chi connectivity index (χ1v) is 8.53. The zero-order chi connectivity index (χ0) is 19.0. The maximum absolute atomic E-state index is 12.5. The number of aromatic nitrogens is 2. The molecule has 0 atom stereocenters. The first-order chi connectivity index (χ1) is 12.3. The number of H-pyrrole nitrogens is 1. The fourth-order valence-corrected chi connectivity index (χ4v) is 3.34. The number of benzene rings is 2. The summed E-state index contributed by atoms with van der Waals surface area (Å²) in [4.78, 5) is 31.2. The molecule has 1 N–H and O–H groups in total. The number of para-hydroxylation sites is 1. The molecule has 3 aromatic rings. The minimum atomic E-state index is -0.302. The second-order valence-corrected chi connectivity index (χ2v) is 6.57. The van der Waals surface area contributed by atoms with Crippen molar-refractivity contribution in [2.45, 2.75) is 41.2 Å². The van der Waals surface area contributed by atoms with Crippen molar-refractivity contribution in [3.63, 3.8) is 0 Å². The molecule has 5 heteroatoms. The highest BCUT2D eigenvalue weighted by atomic mass is 16.5. The number of hydrogen-bond acceptors (Lipinski definition) is 4. The molecule has 134 valence electrons. The molecule has 0 radical (unpaired) electrons. The number of esters is 1. The number of carbonyl (C=O) groups excluding carboxylic acids is 1. The molecule has 2 aromatic carbocycles. The molecule has 0 bridgehead atoms. The van der Waals surface area contributed by atoms with Gasteiger partial charge in [0.15, 0.2) is 0 Å². The van der Waals surface area contributed by atoms with E-state index < -0.39 is 0 Å². The Morgan fingerprint density at radius 1 is 1.04 bits per heavy atom. The number of ether oxygens (including phenoxy) is 1. The van der Waals surface area contributed by atoms with E-state index in [2.05, 4.69) is 9.97 Å². The Bertz CT molecular complexity index is 1050. The standard InChI is InChI=1S/C21H22N2O3/c1-11-13(3)19(14(4)12(2)17(11)10-26-15(5)24)20-22-18-9-7-6-8-16(18)21(25)23-20/h6-9H,10H2,1-5H3,(H,22,23,25). The smallest absolute Gasteiger partial charge is 0.302 e. The summed E-state index contributed by atoms with van der Waals surface area (Å²) in [6, 6.07) is 7.31. The fourth-order valence-electron chi connectivity index (χ4n) is 3.34. The van der Waals surface area contributed by atoms with Gasteiger partial charge in [-0.2, -0.15) is 0 Å². The summed E-state index contributed by atoms with van der Waals surface area (Å²) in [5, 5.41) is 0.575. The van der Waals surface area contributed by atoms with Crippen LogP contribution >= 0.6 is 0 Å². The van der Waals surface area contributed by atoms with E-state index in [1.807, 2.05) is 45.9 Å². The molecule has 0 fully saturated rings. The van der Waals surface area contributed by atoms with E-state index in [9.17, 15) is 9.59 Å². The number of nitrogens with one attached hydrogen (secondary N) is 1. The van der Waals surface area contributed by atoms with Gasteiger partial charge >= 0.3 is 5.97 Å². The topological polar surface area (TPSA) is 72.0 Å². The summed E-state index contributed by atoms with van der Waals surface area (Å²) in [5.74, 6) is 0.262. The molecule has 0 aliphatic rings. The lowest BCUT2D eigenvalue weighted by Crippen LogP contribution is -2.12. The van der Waals surface area contributed by atoms with Crippen LogP contribution in [0.2, 0.25) is 0 Å². The Kier molecular flexibility index (Phi) is 4.64. The Balaban J connectivity index is 2.23. The largest absolute Gasteiger partial charge is 0.461 e. The molecule has 0 saturated heterocycles. The lowest BCUT2D eigenvalue weighted by molar-refractivity contribution is -0.142. The van der Waals surface area contributed by atoms with Gasteiger partial charge in [0, 0.05) is 12.5 Å². The van der Waals surface area contributed by atoms with Crippen LogP contribution in [0.1, 0.15) is 34.7 Å². The minimum absolute atomic E-state index is 0.149. The number of fused-ring (bicyclic) bond motifs is 1. The molecular weight excluding hydrogens is 328 g/mol.